The first-order valence-corrected chi connectivity index (χ1v) is 6.70. The number of halogens is 3. The average molecular weight is 276 g/mol. The second kappa shape index (κ2) is 4.25. The van der Waals surface area contributed by atoms with Gasteiger partial charge in [-0.05, 0) is 19.3 Å². The Morgan fingerprint density at radius 2 is 2.00 bits per heavy atom. The molecule has 0 radical (unpaired) electrons. The first-order valence-electron chi connectivity index (χ1n) is 5.83. The summed E-state index contributed by atoms with van der Waals surface area (Å²) < 4.78 is 39.0. The van der Waals surface area contributed by atoms with Crippen molar-refractivity contribution in [2.75, 3.05) is 0 Å². The molecule has 1 aromatic rings. The number of hydrogen-bond donors (Lipinski definition) is 0. The van der Waals surface area contributed by atoms with Gasteiger partial charge in [0.05, 0.1) is 11.0 Å². The van der Waals surface area contributed by atoms with Crippen molar-refractivity contribution in [2.45, 2.75) is 48.7 Å². The first-order chi connectivity index (χ1) is 8.55. The monoisotopic (exact) mass is 276 g/mol. The van der Waals surface area contributed by atoms with Crippen LogP contribution in [0.25, 0.3) is 0 Å². The summed E-state index contributed by atoms with van der Waals surface area (Å²) in [4.78, 5) is 0. The van der Waals surface area contributed by atoms with Crippen LogP contribution in [-0.2, 0) is 6.18 Å². The zero-order valence-corrected chi connectivity index (χ0v) is 10.3. The first kappa shape index (κ1) is 12.0. The molecule has 0 bridgehead atoms. The fraction of sp³-hybridized carbons (Fsp3) is 0.700. The van der Waals surface area contributed by atoms with Gasteiger partial charge in [-0.15, -0.1) is 10.2 Å². The molecule has 0 aromatic carbocycles. The van der Waals surface area contributed by atoms with Crippen molar-refractivity contribution in [2.24, 2.45) is 5.10 Å². The summed E-state index contributed by atoms with van der Waals surface area (Å²) in [6.45, 7) is 0. The normalized spacial score (nSPS) is 23.9. The topological polar surface area (TPSA) is 43.1 Å². The second-order valence-corrected chi connectivity index (χ2v) is 5.58. The van der Waals surface area contributed by atoms with Crippen LogP contribution in [0.2, 0.25) is 0 Å². The van der Waals surface area contributed by atoms with Crippen molar-refractivity contribution >= 4 is 17.5 Å². The summed E-state index contributed by atoms with van der Waals surface area (Å²) in [6, 6.07) is 0. The maximum absolute atomic E-state index is 12.7. The molecule has 2 aliphatic rings. The highest BCUT2D eigenvalue weighted by molar-refractivity contribution is 8.00. The standard InChI is InChI=1S/C10H11F3N4S/c11-10(12,13)8-14-15-9-17(8)16-6-4-2-1-3-5-7(6)18-9/h7H,1-5H2. The fourth-order valence-electron chi connectivity index (χ4n) is 2.24. The SMILES string of the molecule is FC(F)(F)c1nnc2n1N=C1CCCCCC1S2. The molecule has 18 heavy (non-hydrogen) atoms. The van der Waals surface area contributed by atoms with Crippen LogP contribution in [0.15, 0.2) is 10.3 Å². The quantitative estimate of drug-likeness (QED) is 0.731. The summed E-state index contributed by atoms with van der Waals surface area (Å²) in [5.74, 6) is -1.03. The van der Waals surface area contributed by atoms with Crippen LogP contribution in [0.4, 0.5) is 13.2 Å². The molecule has 3 rings (SSSR count). The van der Waals surface area contributed by atoms with E-state index >= 15 is 0 Å². The van der Waals surface area contributed by atoms with Gasteiger partial charge >= 0.3 is 6.18 Å². The molecule has 0 amide bonds. The summed E-state index contributed by atoms with van der Waals surface area (Å²) in [7, 11) is 0. The predicted octanol–water partition coefficient (Wildman–Crippen LogP) is 2.94. The molecule has 1 aliphatic carbocycles. The van der Waals surface area contributed by atoms with E-state index in [-0.39, 0.29) is 10.4 Å². The number of rotatable bonds is 0. The second-order valence-electron chi connectivity index (χ2n) is 4.41. The zero-order valence-electron chi connectivity index (χ0n) is 9.44. The molecule has 1 aliphatic heterocycles. The molecule has 1 aromatic heterocycles. The molecule has 0 saturated heterocycles. The van der Waals surface area contributed by atoms with Gasteiger partial charge in [0.2, 0.25) is 5.16 Å². The Hall–Kier alpha value is -1.05. The van der Waals surface area contributed by atoms with Gasteiger partial charge in [0.15, 0.2) is 0 Å². The predicted molar refractivity (Wildman–Crippen MR) is 60.6 cm³/mol. The van der Waals surface area contributed by atoms with Crippen molar-refractivity contribution in [3.8, 4) is 0 Å². The highest BCUT2D eigenvalue weighted by Crippen LogP contribution is 2.37. The van der Waals surface area contributed by atoms with E-state index in [1.54, 1.807) is 0 Å². The lowest BCUT2D eigenvalue weighted by atomic mass is 10.2. The Morgan fingerprint density at radius 3 is 2.78 bits per heavy atom. The lowest BCUT2D eigenvalue weighted by molar-refractivity contribution is -0.147. The zero-order chi connectivity index (χ0) is 12.8. The van der Waals surface area contributed by atoms with E-state index in [4.69, 9.17) is 0 Å². The van der Waals surface area contributed by atoms with Gasteiger partial charge < -0.3 is 0 Å². The minimum atomic E-state index is -4.51. The van der Waals surface area contributed by atoms with Crippen molar-refractivity contribution in [1.82, 2.24) is 14.9 Å². The Labute approximate surface area is 106 Å². The molecule has 8 heteroatoms. The molecule has 1 saturated carbocycles. The molecule has 4 nitrogen and oxygen atoms in total. The molecule has 2 heterocycles. The van der Waals surface area contributed by atoms with Crippen LogP contribution >= 0.6 is 11.8 Å². The van der Waals surface area contributed by atoms with E-state index in [2.05, 4.69) is 15.3 Å². The van der Waals surface area contributed by atoms with Crippen LogP contribution < -0.4 is 0 Å². The third-order valence-electron chi connectivity index (χ3n) is 3.11. The summed E-state index contributed by atoms with van der Waals surface area (Å²) in [5, 5.41) is 11.3. The summed E-state index contributed by atoms with van der Waals surface area (Å²) in [5.41, 5.74) is 0.843. The van der Waals surface area contributed by atoms with Gasteiger partial charge in [0, 0.05) is 0 Å². The van der Waals surface area contributed by atoms with Gasteiger partial charge in [0.1, 0.15) is 0 Å². The highest BCUT2D eigenvalue weighted by Gasteiger charge is 2.41. The van der Waals surface area contributed by atoms with E-state index in [0.29, 0.717) is 0 Å². The molecule has 1 atom stereocenters. The van der Waals surface area contributed by atoms with E-state index in [1.165, 1.54) is 11.8 Å². The lowest BCUT2D eigenvalue weighted by Crippen LogP contribution is -2.24. The number of aromatic nitrogens is 3. The largest absolute Gasteiger partial charge is 0.453 e. The summed E-state index contributed by atoms with van der Waals surface area (Å²) >= 11 is 1.35. The van der Waals surface area contributed by atoms with E-state index in [0.717, 1.165) is 42.5 Å². The number of alkyl halides is 3. The van der Waals surface area contributed by atoms with Crippen LogP contribution in [0, 0.1) is 0 Å². The molecular weight excluding hydrogens is 265 g/mol. The van der Waals surface area contributed by atoms with Gasteiger partial charge in [-0.25, -0.2) is 0 Å². The summed E-state index contributed by atoms with van der Waals surface area (Å²) in [6.07, 6.45) is 0.423. The average Bonchev–Trinajstić information content (AvgIpc) is 2.57. The molecule has 1 fully saturated rings. The van der Waals surface area contributed by atoms with Crippen LogP contribution in [-0.4, -0.2) is 25.8 Å². The Bertz CT molecular complexity index is 494. The minimum Gasteiger partial charge on any atom is -0.183 e. The van der Waals surface area contributed by atoms with Crippen molar-refractivity contribution < 1.29 is 13.2 Å². The van der Waals surface area contributed by atoms with E-state index in [9.17, 15) is 13.2 Å². The molecular formula is C10H11F3N4S. The van der Waals surface area contributed by atoms with Crippen molar-refractivity contribution in [1.29, 1.82) is 0 Å². The van der Waals surface area contributed by atoms with Gasteiger partial charge in [-0.3, -0.25) is 0 Å². The number of fused-ring (bicyclic) bond motifs is 2. The Balaban J connectivity index is 2.01. The minimum absolute atomic E-state index is 0.172. The van der Waals surface area contributed by atoms with Crippen LogP contribution in [0.3, 0.4) is 0 Å². The van der Waals surface area contributed by atoms with Crippen LogP contribution in [0.5, 0.6) is 0 Å². The Kier molecular flexibility index (Phi) is 2.84. The third kappa shape index (κ3) is 2.02. The van der Waals surface area contributed by atoms with E-state index < -0.39 is 12.0 Å². The number of hydrogen-bond acceptors (Lipinski definition) is 4. The number of thioether (sulfide) groups is 1. The number of nitrogens with zero attached hydrogens (tertiary/aromatic N) is 4. The maximum atomic E-state index is 12.7. The van der Waals surface area contributed by atoms with Crippen molar-refractivity contribution in [3.05, 3.63) is 5.82 Å². The van der Waals surface area contributed by atoms with E-state index in [1.807, 2.05) is 0 Å². The highest BCUT2D eigenvalue weighted by atomic mass is 32.2. The van der Waals surface area contributed by atoms with Crippen LogP contribution in [0.1, 0.15) is 37.9 Å². The van der Waals surface area contributed by atoms with Gasteiger partial charge in [-0.1, -0.05) is 24.6 Å². The van der Waals surface area contributed by atoms with Crippen molar-refractivity contribution in [3.63, 3.8) is 0 Å². The third-order valence-corrected chi connectivity index (χ3v) is 4.37. The van der Waals surface area contributed by atoms with Gasteiger partial charge in [-0.2, -0.15) is 22.9 Å². The lowest BCUT2D eigenvalue weighted by Gasteiger charge is -2.20. The molecule has 1 unspecified atom stereocenters. The molecule has 0 spiro atoms. The molecule has 98 valence electrons. The molecule has 0 N–H and O–H groups in total. The smallest absolute Gasteiger partial charge is 0.183 e. The maximum Gasteiger partial charge on any atom is 0.453 e. The Morgan fingerprint density at radius 1 is 1.17 bits per heavy atom. The fourth-order valence-corrected chi connectivity index (χ4v) is 3.40. The van der Waals surface area contributed by atoms with Gasteiger partial charge in [0.25, 0.3) is 5.82 Å².